The molecule has 80 heavy (non-hydrogen) atoms. The second-order valence-corrected chi connectivity index (χ2v) is 20.1. The van der Waals surface area contributed by atoms with Gasteiger partial charge in [-0.2, -0.15) is 22.8 Å². The molecule has 10 aromatic rings. The van der Waals surface area contributed by atoms with Gasteiger partial charge in [0.2, 0.25) is 28.5 Å². The van der Waals surface area contributed by atoms with Gasteiger partial charge in [0.1, 0.15) is 35.2 Å². The van der Waals surface area contributed by atoms with Crippen molar-refractivity contribution >= 4 is 0 Å². The Hall–Kier alpha value is -8.15. The zero-order valence-electron chi connectivity index (χ0n) is 67.7. The summed E-state index contributed by atoms with van der Waals surface area (Å²) in [5.41, 5.74) is 17.8. The van der Waals surface area contributed by atoms with Crippen LogP contribution in [-0.2, 0) is 35.2 Å². The largest absolute Gasteiger partial charge is 0.212 e. The highest BCUT2D eigenvalue weighted by Crippen LogP contribution is 2.26. The van der Waals surface area contributed by atoms with Crippen LogP contribution in [0, 0.1) is 82.7 Å². The van der Waals surface area contributed by atoms with Gasteiger partial charge in [-0.1, -0.05) is 105 Å². The molecule has 0 aliphatic heterocycles. The Balaban J connectivity index is 0.000000197. The van der Waals surface area contributed by atoms with Crippen molar-refractivity contribution < 1.29 is 48.9 Å². The summed E-state index contributed by atoms with van der Waals surface area (Å²) < 4.78 is 155. The molecule has 5 aromatic heterocycles. The molecule has 0 fully saturated rings. The molecule has 0 saturated heterocycles. The molecule has 0 spiro atoms. The average Bonchev–Trinajstić information content (AvgIpc) is 0.749. The summed E-state index contributed by atoms with van der Waals surface area (Å²) in [5.74, 6) is -2.03. The van der Waals surface area contributed by atoms with Crippen LogP contribution in [0.15, 0.2) is 194 Å². The first kappa shape index (κ1) is 39.3. The van der Waals surface area contributed by atoms with E-state index in [-0.39, 0.29) is 22.5 Å². The first-order valence-electron chi connectivity index (χ1n) is 36.1. The molecule has 5 nitrogen and oxygen atoms in total. The Labute approximate surface area is 508 Å². The van der Waals surface area contributed by atoms with Crippen LogP contribution in [0.2, 0.25) is 0 Å². The molecule has 5 heteroatoms. The number of nitrogens with zero attached hydrogens (tertiary/aromatic N) is 5. The van der Waals surface area contributed by atoms with Gasteiger partial charge in [0.15, 0.2) is 28.5 Å². The fourth-order valence-electron chi connectivity index (χ4n) is 9.32. The zero-order chi connectivity index (χ0) is 74.3. The molecule has 1 atom stereocenters. The maximum atomic E-state index is 8.33. The number of aromatic nitrogens is 5. The molecule has 0 aliphatic rings. The first-order chi connectivity index (χ1) is 45.7. The van der Waals surface area contributed by atoms with Gasteiger partial charge < -0.3 is 0 Å². The van der Waals surface area contributed by atoms with Crippen molar-refractivity contribution in [2.75, 3.05) is 0 Å². The molecule has 0 saturated carbocycles. The van der Waals surface area contributed by atoms with E-state index in [4.69, 9.17) is 26.0 Å². The van der Waals surface area contributed by atoms with Crippen LogP contribution < -0.4 is 22.8 Å². The molecule has 0 radical (unpaired) electrons. The predicted octanol–water partition coefficient (Wildman–Crippen LogP) is 15.7. The van der Waals surface area contributed by atoms with Gasteiger partial charge in [0.05, 0.1) is 0 Å². The van der Waals surface area contributed by atoms with Crippen LogP contribution in [0.25, 0.3) is 56.3 Å². The van der Waals surface area contributed by atoms with Gasteiger partial charge in [-0.05, 0) is 142 Å². The lowest BCUT2D eigenvalue weighted by molar-refractivity contribution is -0.667. The number of benzene rings is 5. The normalized spacial score (nSPS) is 15.7. The van der Waals surface area contributed by atoms with Gasteiger partial charge in [0.25, 0.3) is 0 Å². The van der Waals surface area contributed by atoms with Crippen LogP contribution in [-0.4, -0.2) is 0 Å². The summed E-state index contributed by atoms with van der Waals surface area (Å²) in [6.07, 6.45) is 0. The molecule has 0 N–H and O–H groups in total. The molecule has 1 unspecified atom stereocenters. The van der Waals surface area contributed by atoms with Crippen molar-refractivity contribution in [1.29, 1.82) is 0 Å². The van der Waals surface area contributed by atoms with E-state index in [1.807, 2.05) is 151 Å². The second-order valence-electron chi connectivity index (χ2n) is 20.1. The Morgan fingerprint density at radius 3 is 1.10 bits per heavy atom. The molecule has 0 amide bonds. The highest BCUT2D eigenvalue weighted by molar-refractivity contribution is 5.64. The smallest absolute Gasteiger partial charge is 0.199 e. The third-order valence-corrected chi connectivity index (χ3v) is 14.4. The molecule has 5 heterocycles. The monoisotopic (exact) mass is 1080 g/mol. The summed E-state index contributed by atoms with van der Waals surface area (Å²) in [4.78, 5) is 0. The highest BCUT2D eigenvalue weighted by Gasteiger charge is 2.20. The van der Waals surface area contributed by atoms with Crippen molar-refractivity contribution in [3.05, 3.63) is 267 Å². The van der Waals surface area contributed by atoms with E-state index in [1.54, 1.807) is 60.6 Å². The van der Waals surface area contributed by atoms with Gasteiger partial charge in [-0.3, -0.25) is 0 Å². The number of hydrogen-bond donors (Lipinski definition) is 0. The highest BCUT2D eigenvalue weighted by atomic mass is 15.0. The first-order valence-corrected chi connectivity index (χ1v) is 26.6. The van der Waals surface area contributed by atoms with E-state index in [2.05, 4.69) is 67.9 Å². The fraction of sp³-hybridized carbons (Fsp3) is 0.267. The lowest BCUT2D eigenvalue weighted by Gasteiger charge is -2.11. The van der Waals surface area contributed by atoms with Gasteiger partial charge >= 0.3 is 0 Å². The molecular weight excluding hydrogens is 971 g/mol. The Morgan fingerprint density at radius 2 is 0.688 bits per heavy atom. The average molecular weight is 1080 g/mol. The van der Waals surface area contributed by atoms with E-state index in [0.717, 1.165) is 61.5 Å². The van der Waals surface area contributed by atoms with Gasteiger partial charge in [-0.25, -0.2) is 0 Å². The lowest BCUT2D eigenvalue weighted by atomic mass is 9.98. The van der Waals surface area contributed by atoms with Crippen LogP contribution in [0.1, 0.15) is 119 Å². The third kappa shape index (κ3) is 14.9. The molecule has 410 valence electrons. The van der Waals surface area contributed by atoms with Gasteiger partial charge in [0, 0.05) is 148 Å². The standard InChI is InChI=1S/C17H22N.2C15H18N.2C14H16N/c1-12(2)15-10-11-17(18(5)14(15)4)16-9-7-6-8-13(16)3;1-11-9-13(3)16(4)15(10-11)14-8-6-5-7-12(14)2;1-11-9-10-15(16(4)13(11)3)14-8-6-5-7-12(14)2;2*1-11-7-4-5-9-13(11)14-10-6-8-12(2)15(14)3/h6-12H,1-5H3;2*5-10H,1-4H3;2*4-10H,1-3H3/q5*+1/i1D3,4D3,12D;3D3;1D3,3D3;2D3;. The van der Waals surface area contributed by atoms with Crippen molar-refractivity contribution in [2.24, 2.45) is 35.2 Å². The van der Waals surface area contributed by atoms with E-state index in [9.17, 15) is 0 Å². The van der Waals surface area contributed by atoms with Crippen molar-refractivity contribution in [2.45, 2.75) is 102 Å². The van der Waals surface area contributed by atoms with Crippen LogP contribution in [0.3, 0.4) is 0 Å². The van der Waals surface area contributed by atoms with Crippen LogP contribution in [0.5, 0.6) is 0 Å². The van der Waals surface area contributed by atoms with E-state index in [0.29, 0.717) is 22.8 Å². The number of hydrogen-bond acceptors (Lipinski definition) is 0. The summed E-state index contributed by atoms with van der Waals surface area (Å²) in [7, 11) is 8.91. The Morgan fingerprint density at radius 1 is 0.312 bits per heavy atom. The third-order valence-electron chi connectivity index (χ3n) is 14.4. The number of pyridine rings is 5. The Kier molecular flexibility index (Phi) is 13.8. The maximum absolute atomic E-state index is 8.33. The summed E-state index contributed by atoms with van der Waals surface area (Å²) >= 11 is 0. The minimum Gasteiger partial charge on any atom is -0.199 e. The number of aryl methyl sites for hydroxylation is 10. The van der Waals surface area contributed by atoms with E-state index < -0.39 is 47.0 Å². The van der Waals surface area contributed by atoms with Gasteiger partial charge in [-0.15, -0.1) is 0 Å². The topological polar surface area (TPSA) is 19.4 Å². The maximum Gasteiger partial charge on any atom is 0.212 e. The fourth-order valence-corrected chi connectivity index (χ4v) is 9.32. The quantitative estimate of drug-likeness (QED) is 0.148. The summed E-state index contributed by atoms with van der Waals surface area (Å²) in [6.45, 7) is 1.00. The molecule has 5 aromatic carbocycles. The lowest BCUT2D eigenvalue weighted by Crippen LogP contribution is -2.36. The van der Waals surface area contributed by atoms with Crippen molar-refractivity contribution in [3.8, 4) is 56.3 Å². The minimum atomic E-state index is -2.65. The predicted molar refractivity (Wildman–Crippen MR) is 336 cm³/mol. The van der Waals surface area contributed by atoms with Crippen molar-refractivity contribution in [3.63, 3.8) is 0 Å². The minimum absolute atomic E-state index is 0.00710. The zero-order valence-corrected chi connectivity index (χ0v) is 48.7. The second kappa shape index (κ2) is 28.1. The van der Waals surface area contributed by atoms with Crippen molar-refractivity contribution in [1.82, 2.24) is 0 Å². The number of rotatable bonds is 6. The van der Waals surface area contributed by atoms with E-state index >= 15 is 0 Å². The Bertz CT molecular complexity index is 4480. The molecule has 0 aliphatic carbocycles. The summed E-state index contributed by atoms with van der Waals surface area (Å²) in [5, 5.41) is 0. The summed E-state index contributed by atoms with van der Waals surface area (Å²) in [6, 6.07) is 61.4. The van der Waals surface area contributed by atoms with Crippen LogP contribution in [0.4, 0.5) is 0 Å². The molecular formula is C75H90N5+5. The van der Waals surface area contributed by atoms with E-state index in [1.165, 1.54) is 50.7 Å². The molecule has 0 bridgehead atoms. The van der Waals surface area contributed by atoms with Crippen LogP contribution >= 0.6 is 0 Å². The SMILES string of the molecule is Cc1ccccc1-c1cccc(C)[n+]1C.[2H]C([2H])([2H])c1c(C([2H])(C)C([2H])([2H])[2H])ccc(-c2ccccc2C)[n+]1C.[2H]C([2H])([2H])c1cc(C)cc(-c2ccccc2C)[n+]1C.[2H]C([2H])([2H])c1ccc(-c2ccccc2C)[n+](C)c1C([2H])([2H])[2H].[2H]C([2H])([2H])c1cccc(-c2ccccc2C)[n+]1C. The molecule has 10 rings (SSSR count).